The Kier molecular flexibility index (Phi) is 5.03. The first-order chi connectivity index (χ1) is 7.72. The average Bonchev–Trinajstić information content (AvgIpc) is 2.29. The van der Waals surface area contributed by atoms with Crippen LogP contribution in [0.4, 0.5) is 5.69 Å². The van der Waals surface area contributed by atoms with Crippen LogP contribution in [0, 0.1) is 6.92 Å². The number of benzene rings is 1. The molecule has 16 heavy (non-hydrogen) atoms. The normalized spacial score (nSPS) is 10.2. The maximum atomic E-state index is 10.7. The molecule has 0 aromatic heterocycles. The topological polar surface area (TPSA) is 20.3 Å². The second-order valence-electron chi connectivity index (χ2n) is 4.15. The SMILES string of the molecule is CCCN(CCC)c1ccc(C=O)cc1C. The van der Waals surface area contributed by atoms with E-state index >= 15 is 0 Å². The number of carbonyl (C=O) groups is 1. The molecule has 0 atom stereocenters. The summed E-state index contributed by atoms with van der Waals surface area (Å²) in [4.78, 5) is 13.1. The van der Waals surface area contributed by atoms with Crippen LogP contribution in [0.2, 0.25) is 0 Å². The van der Waals surface area contributed by atoms with E-state index in [2.05, 4.69) is 31.7 Å². The molecule has 0 aliphatic carbocycles. The molecule has 0 spiro atoms. The number of aldehydes is 1. The zero-order valence-electron chi connectivity index (χ0n) is 10.5. The Morgan fingerprint density at radius 1 is 1.19 bits per heavy atom. The van der Waals surface area contributed by atoms with Gasteiger partial charge in [0.15, 0.2) is 0 Å². The molecule has 0 amide bonds. The number of hydrogen-bond acceptors (Lipinski definition) is 2. The average molecular weight is 219 g/mol. The lowest BCUT2D eigenvalue weighted by Crippen LogP contribution is -2.25. The van der Waals surface area contributed by atoms with E-state index in [4.69, 9.17) is 0 Å². The first kappa shape index (κ1) is 12.8. The van der Waals surface area contributed by atoms with Crippen molar-refractivity contribution < 1.29 is 4.79 Å². The second-order valence-corrected chi connectivity index (χ2v) is 4.15. The fourth-order valence-electron chi connectivity index (χ4n) is 2.00. The summed E-state index contributed by atoms with van der Waals surface area (Å²) in [7, 11) is 0. The van der Waals surface area contributed by atoms with Crippen LogP contribution in [0.5, 0.6) is 0 Å². The van der Waals surface area contributed by atoms with Crippen molar-refractivity contribution in [2.45, 2.75) is 33.6 Å². The maximum Gasteiger partial charge on any atom is 0.150 e. The van der Waals surface area contributed by atoms with Gasteiger partial charge in [0.05, 0.1) is 0 Å². The Hall–Kier alpha value is -1.31. The minimum atomic E-state index is 0.759. The van der Waals surface area contributed by atoms with Crippen LogP contribution in [0.3, 0.4) is 0 Å². The van der Waals surface area contributed by atoms with Crippen LogP contribution in [-0.4, -0.2) is 19.4 Å². The summed E-state index contributed by atoms with van der Waals surface area (Å²) < 4.78 is 0. The summed E-state index contributed by atoms with van der Waals surface area (Å²) in [6.45, 7) is 8.61. The van der Waals surface area contributed by atoms with Gasteiger partial charge in [0, 0.05) is 24.3 Å². The van der Waals surface area contributed by atoms with Crippen molar-refractivity contribution in [2.24, 2.45) is 0 Å². The Bertz CT molecular complexity index is 341. The van der Waals surface area contributed by atoms with Crippen LogP contribution in [0.1, 0.15) is 42.6 Å². The molecule has 0 saturated heterocycles. The maximum absolute atomic E-state index is 10.7. The van der Waals surface area contributed by atoms with Crippen molar-refractivity contribution in [1.82, 2.24) is 0 Å². The molecule has 0 heterocycles. The largest absolute Gasteiger partial charge is 0.371 e. The van der Waals surface area contributed by atoms with E-state index in [-0.39, 0.29) is 0 Å². The van der Waals surface area contributed by atoms with Gasteiger partial charge < -0.3 is 4.90 Å². The van der Waals surface area contributed by atoms with E-state index in [0.29, 0.717) is 0 Å². The van der Waals surface area contributed by atoms with Gasteiger partial charge in [-0.2, -0.15) is 0 Å². The Morgan fingerprint density at radius 2 is 1.81 bits per heavy atom. The Morgan fingerprint density at radius 3 is 2.25 bits per heavy atom. The monoisotopic (exact) mass is 219 g/mol. The molecule has 0 fully saturated rings. The van der Waals surface area contributed by atoms with Gasteiger partial charge in [-0.15, -0.1) is 0 Å². The van der Waals surface area contributed by atoms with Crippen molar-refractivity contribution in [3.05, 3.63) is 29.3 Å². The molecule has 0 saturated carbocycles. The number of rotatable bonds is 6. The minimum Gasteiger partial charge on any atom is -0.371 e. The van der Waals surface area contributed by atoms with Crippen molar-refractivity contribution >= 4 is 12.0 Å². The fraction of sp³-hybridized carbons (Fsp3) is 0.500. The van der Waals surface area contributed by atoms with Gasteiger partial charge in [0.2, 0.25) is 0 Å². The summed E-state index contributed by atoms with van der Waals surface area (Å²) in [5, 5.41) is 0. The predicted octanol–water partition coefficient (Wildman–Crippen LogP) is 3.43. The van der Waals surface area contributed by atoms with Crippen LogP contribution in [-0.2, 0) is 0 Å². The molecule has 0 aliphatic heterocycles. The number of carbonyl (C=O) groups excluding carboxylic acids is 1. The molecule has 0 bridgehead atoms. The lowest BCUT2D eigenvalue weighted by molar-refractivity contribution is 0.112. The van der Waals surface area contributed by atoms with Crippen LogP contribution < -0.4 is 4.90 Å². The van der Waals surface area contributed by atoms with E-state index in [0.717, 1.165) is 37.8 Å². The zero-order valence-corrected chi connectivity index (χ0v) is 10.5. The van der Waals surface area contributed by atoms with Crippen LogP contribution in [0.15, 0.2) is 18.2 Å². The number of anilines is 1. The second kappa shape index (κ2) is 6.31. The van der Waals surface area contributed by atoms with Gasteiger partial charge in [-0.05, 0) is 43.5 Å². The molecular weight excluding hydrogens is 198 g/mol. The third kappa shape index (κ3) is 3.09. The minimum absolute atomic E-state index is 0.759. The highest BCUT2D eigenvalue weighted by Gasteiger charge is 2.07. The van der Waals surface area contributed by atoms with Crippen LogP contribution >= 0.6 is 0 Å². The molecule has 2 nitrogen and oxygen atoms in total. The van der Waals surface area contributed by atoms with Gasteiger partial charge in [-0.25, -0.2) is 0 Å². The summed E-state index contributed by atoms with van der Waals surface area (Å²) in [6.07, 6.45) is 3.20. The third-order valence-electron chi connectivity index (χ3n) is 2.68. The zero-order chi connectivity index (χ0) is 12.0. The van der Waals surface area contributed by atoms with E-state index in [1.165, 1.54) is 11.3 Å². The van der Waals surface area contributed by atoms with Gasteiger partial charge in [-0.3, -0.25) is 4.79 Å². The van der Waals surface area contributed by atoms with E-state index in [1.807, 2.05) is 12.1 Å². The van der Waals surface area contributed by atoms with Crippen molar-refractivity contribution in [3.63, 3.8) is 0 Å². The molecule has 1 aromatic carbocycles. The molecule has 1 rings (SSSR count). The van der Waals surface area contributed by atoms with Gasteiger partial charge in [-0.1, -0.05) is 13.8 Å². The predicted molar refractivity (Wildman–Crippen MR) is 69.4 cm³/mol. The van der Waals surface area contributed by atoms with Gasteiger partial charge >= 0.3 is 0 Å². The Balaban J connectivity index is 2.94. The van der Waals surface area contributed by atoms with E-state index in [9.17, 15) is 4.79 Å². The molecule has 0 N–H and O–H groups in total. The smallest absolute Gasteiger partial charge is 0.150 e. The summed E-state index contributed by atoms with van der Waals surface area (Å²) in [5.41, 5.74) is 3.20. The number of aryl methyl sites for hydroxylation is 1. The van der Waals surface area contributed by atoms with E-state index in [1.54, 1.807) is 0 Å². The van der Waals surface area contributed by atoms with Crippen molar-refractivity contribution in [3.8, 4) is 0 Å². The standard InChI is InChI=1S/C14H21NO/c1-4-8-15(9-5-2)14-7-6-13(11-16)10-12(14)3/h6-7,10-11H,4-5,8-9H2,1-3H3. The molecule has 2 heteroatoms. The molecule has 1 aromatic rings. The summed E-state index contributed by atoms with van der Waals surface area (Å²) >= 11 is 0. The molecular formula is C14H21NO. The first-order valence-corrected chi connectivity index (χ1v) is 6.03. The highest BCUT2D eigenvalue weighted by Crippen LogP contribution is 2.21. The van der Waals surface area contributed by atoms with E-state index < -0.39 is 0 Å². The highest BCUT2D eigenvalue weighted by atomic mass is 16.1. The quantitative estimate of drug-likeness (QED) is 0.683. The van der Waals surface area contributed by atoms with Crippen molar-refractivity contribution in [1.29, 1.82) is 0 Å². The number of hydrogen-bond donors (Lipinski definition) is 0. The molecule has 0 radical (unpaired) electrons. The fourth-order valence-corrected chi connectivity index (χ4v) is 2.00. The summed E-state index contributed by atoms with van der Waals surface area (Å²) in [5.74, 6) is 0. The van der Waals surface area contributed by atoms with Crippen molar-refractivity contribution in [2.75, 3.05) is 18.0 Å². The highest BCUT2D eigenvalue weighted by molar-refractivity contribution is 5.76. The number of nitrogens with zero attached hydrogens (tertiary/aromatic N) is 1. The lowest BCUT2D eigenvalue weighted by Gasteiger charge is -2.25. The third-order valence-corrected chi connectivity index (χ3v) is 2.68. The summed E-state index contributed by atoms with van der Waals surface area (Å²) in [6, 6.07) is 5.92. The van der Waals surface area contributed by atoms with Gasteiger partial charge in [0.1, 0.15) is 6.29 Å². The Labute approximate surface area is 98.3 Å². The lowest BCUT2D eigenvalue weighted by atomic mass is 10.1. The molecule has 88 valence electrons. The van der Waals surface area contributed by atoms with Crippen LogP contribution in [0.25, 0.3) is 0 Å². The molecule has 0 aliphatic rings. The molecule has 0 unspecified atom stereocenters. The van der Waals surface area contributed by atoms with Gasteiger partial charge in [0.25, 0.3) is 0 Å². The first-order valence-electron chi connectivity index (χ1n) is 6.03.